The molecule has 4 heteroatoms. The van der Waals surface area contributed by atoms with Gasteiger partial charge in [-0.3, -0.25) is 4.79 Å². The van der Waals surface area contributed by atoms with Gasteiger partial charge < -0.3 is 10.5 Å². The Kier molecular flexibility index (Phi) is 5.42. The molecule has 1 atom stereocenters. The maximum Gasteiger partial charge on any atom is 0.307 e. The molecule has 1 saturated carbocycles. The fourth-order valence-electron chi connectivity index (χ4n) is 3.54. The lowest BCUT2D eigenvalue weighted by molar-refractivity contribution is -0.143. The molecule has 3 rings (SSSR count). The molecular formula is C22H26FNO2. The molecule has 1 aliphatic rings. The van der Waals surface area contributed by atoms with Crippen molar-refractivity contribution in [3.05, 3.63) is 58.4 Å². The van der Waals surface area contributed by atoms with Gasteiger partial charge >= 0.3 is 5.97 Å². The summed E-state index contributed by atoms with van der Waals surface area (Å²) in [7, 11) is 0. The standard InChI is InChI=1S/C22H26FNO2/c1-4-26-20(25)12-19(24)18-11-16(10-14(3)22(18)23)21-13(2)6-5-7-17(21)15-8-9-15/h5-7,10-11,15,19H,4,8-9,12,24H2,1-3H3. The number of halogens is 1. The van der Waals surface area contributed by atoms with Crippen LogP contribution in [0.1, 0.15) is 60.4 Å². The van der Waals surface area contributed by atoms with E-state index in [9.17, 15) is 9.18 Å². The molecule has 2 aromatic rings. The molecule has 0 bridgehead atoms. The van der Waals surface area contributed by atoms with Crippen LogP contribution in [0.3, 0.4) is 0 Å². The molecule has 1 unspecified atom stereocenters. The van der Waals surface area contributed by atoms with Gasteiger partial charge in [0.1, 0.15) is 5.82 Å². The van der Waals surface area contributed by atoms with E-state index >= 15 is 0 Å². The second-order valence-corrected chi connectivity index (χ2v) is 7.13. The maximum absolute atomic E-state index is 14.7. The van der Waals surface area contributed by atoms with Gasteiger partial charge in [-0.05, 0) is 79.5 Å². The van der Waals surface area contributed by atoms with Crippen LogP contribution in [-0.2, 0) is 9.53 Å². The number of hydrogen-bond donors (Lipinski definition) is 1. The van der Waals surface area contributed by atoms with E-state index in [1.54, 1.807) is 19.9 Å². The molecule has 0 aliphatic heterocycles. The Bertz CT molecular complexity index is 827. The summed E-state index contributed by atoms with van der Waals surface area (Å²) in [5, 5.41) is 0. The lowest BCUT2D eigenvalue weighted by Gasteiger charge is -2.18. The van der Waals surface area contributed by atoms with Crippen LogP contribution in [0, 0.1) is 19.7 Å². The number of benzene rings is 2. The number of aryl methyl sites for hydroxylation is 2. The average Bonchev–Trinajstić information content (AvgIpc) is 3.42. The van der Waals surface area contributed by atoms with E-state index in [4.69, 9.17) is 10.5 Å². The Morgan fingerprint density at radius 1 is 1.27 bits per heavy atom. The SMILES string of the molecule is CCOC(=O)CC(N)c1cc(-c2c(C)cccc2C2CC2)cc(C)c1F. The van der Waals surface area contributed by atoms with Gasteiger partial charge in [-0.1, -0.05) is 18.2 Å². The number of esters is 1. The molecule has 0 spiro atoms. The molecular weight excluding hydrogens is 329 g/mol. The van der Waals surface area contributed by atoms with Gasteiger partial charge in [0.2, 0.25) is 0 Å². The Hall–Kier alpha value is -2.20. The van der Waals surface area contributed by atoms with Crippen LogP contribution in [0.5, 0.6) is 0 Å². The highest BCUT2D eigenvalue weighted by Gasteiger charge is 2.28. The summed E-state index contributed by atoms with van der Waals surface area (Å²) < 4.78 is 19.7. The Labute approximate surface area is 154 Å². The van der Waals surface area contributed by atoms with E-state index in [2.05, 4.69) is 25.1 Å². The summed E-state index contributed by atoms with van der Waals surface area (Å²) >= 11 is 0. The average molecular weight is 355 g/mol. The number of nitrogens with two attached hydrogens (primary N) is 1. The van der Waals surface area contributed by atoms with Crippen molar-refractivity contribution in [2.24, 2.45) is 5.73 Å². The molecule has 138 valence electrons. The molecule has 2 N–H and O–H groups in total. The van der Waals surface area contributed by atoms with Crippen LogP contribution >= 0.6 is 0 Å². The minimum Gasteiger partial charge on any atom is -0.466 e. The van der Waals surface area contributed by atoms with Gasteiger partial charge in [0.15, 0.2) is 0 Å². The smallest absolute Gasteiger partial charge is 0.307 e. The van der Waals surface area contributed by atoms with Crippen LogP contribution in [0.15, 0.2) is 30.3 Å². The molecule has 26 heavy (non-hydrogen) atoms. The van der Waals surface area contributed by atoms with Crippen molar-refractivity contribution < 1.29 is 13.9 Å². The molecule has 2 aromatic carbocycles. The summed E-state index contributed by atoms with van der Waals surface area (Å²) in [5.41, 5.74) is 11.7. The lowest BCUT2D eigenvalue weighted by Crippen LogP contribution is -2.19. The number of hydrogen-bond acceptors (Lipinski definition) is 3. The Morgan fingerprint density at radius 3 is 2.65 bits per heavy atom. The quantitative estimate of drug-likeness (QED) is 0.747. The van der Waals surface area contributed by atoms with Crippen LogP contribution in [0.25, 0.3) is 11.1 Å². The van der Waals surface area contributed by atoms with E-state index in [-0.39, 0.29) is 12.2 Å². The second kappa shape index (κ2) is 7.58. The third-order valence-corrected chi connectivity index (χ3v) is 4.98. The van der Waals surface area contributed by atoms with Crippen molar-refractivity contribution in [2.45, 2.75) is 52.0 Å². The fraction of sp³-hybridized carbons (Fsp3) is 0.409. The Balaban J connectivity index is 2.03. The summed E-state index contributed by atoms with van der Waals surface area (Å²) in [6, 6.07) is 9.29. The Morgan fingerprint density at radius 2 is 2.00 bits per heavy atom. The van der Waals surface area contributed by atoms with Gasteiger partial charge in [0, 0.05) is 11.6 Å². The van der Waals surface area contributed by atoms with Crippen molar-refractivity contribution in [3.63, 3.8) is 0 Å². The zero-order chi connectivity index (χ0) is 18.8. The number of carbonyl (C=O) groups excluding carboxylic acids is 1. The zero-order valence-corrected chi connectivity index (χ0v) is 15.6. The normalized spacial score (nSPS) is 15.0. The highest BCUT2D eigenvalue weighted by atomic mass is 19.1. The first-order valence-corrected chi connectivity index (χ1v) is 9.23. The monoisotopic (exact) mass is 355 g/mol. The summed E-state index contributed by atoms with van der Waals surface area (Å²) in [6.07, 6.45) is 2.37. The van der Waals surface area contributed by atoms with E-state index in [1.807, 2.05) is 6.07 Å². The van der Waals surface area contributed by atoms with Crippen LogP contribution < -0.4 is 5.73 Å². The van der Waals surface area contributed by atoms with E-state index < -0.39 is 12.0 Å². The summed E-state index contributed by atoms with van der Waals surface area (Å²) in [5.74, 6) is -0.156. The van der Waals surface area contributed by atoms with Crippen molar-refractivity contribution in [1.29, 1.82) is 0 Å². The van der Waals surface area contributed by atoms with Crippen LogP contribution in [-0.4, -0.2) is 12.6 Å². The van der Waals surface area contributed by atoms with E-state index in [0.29, 0.717) is 23.7 Å². The first kappa shape index (κ1) is 18.6. The van der Waals surface area contributed by atoms with Crippen molar-refractivity contribution in [1.82, 2.24) is 0 Å². The lowest BCUT2D eigenvalue weighted by atomic mass is 9.89. The van der Waals surface area contributed by atoms with Crippen molar-refractivity contribution in [3.8, 4) is 11.1 Å². The molecule has 0 radical (unpaired) electrons. The third-order valence-electron chi connectivity index (χ3n) is 4.98. The maximum atomic E-state index is 14.7. The highest BCUT2D eigenvalue weighted by Crippen LogP contribution is 2.46. The van der Waals surface area contributed by atoms with Gasteiger partial charge in [-0.15, -0.1) is 0 Å². The zero-order valence-electron chi connectivity index (χ0n) is 15.6. The molecule has 0 amide bonds. The molecule has 0 saturated heterocycles. The summed E-state index contributed by atoms with van der Waals surface area (Å²) in [4.78, 5) is 11.8. The predicted molar refractivity (Wildman–Crippen MR) is 101 cm³/mol. The van der Waals surface area contributed by atoms with Gasteiger partial charge in [-0.2, -0.15) is 0 Å². The molecule has 0 heterocycles. The topological polar surface area (TPSA) is 52.3 Å². The number of ether oxygens (including phenoxy) is 1. The fourth-order valence-corrected chi connectivity index (χ4v) is 3.54. The summed E-state index contributed by atoms with van der Waals surface area (Å²) in [6.45, 7) is 5.86. The van der Waals surface area contributed by atoms with Crippen molar-refractivity contribution >= 4 is 5.97 Å². The van der Waals surface area contributed by atoms with Crippen LogP contribution in [0.2, 0.25) is 0 Å². The highest BCUT2D eigenvalue weighted by molar-refractivity contribution is 5.74. The van der Waals surface area contributed by atoms with Crippen molar-refractivity contribution in [2.75, 3.05) is 6.61 Å². The van der Waals surface area contributed by atoms with E-state index in [0.717, 1.165) is 5.56 Å². The molecule has 1 fully saturated rings. The van der Waals surface area contributed by atoms with Crippen LogP contribution in [0.4, 0.5) is 4.39 Å². The second-order valence-electron chi connectivity index (χ2n) is 7.13. The molecule has 0 aromatic heterocycles. The minimum atomic E-state index is -0.721. The minimum absolute atomic E-state index is 0.0308. The third kappa shape index (κ3) is 3.80. The number of rotatable bonds is 6. The largest absolute Gasteiger partial charge is 0.466 e. The van der Waals surface area contributed by atoms with Gasteiger partial charge in [0.05, 0.1) is 13.0 Å². The molecule has 3 nitrogen and oxygen atoms in total. The first-order valence-electron chi connectivity index (χ1n) is 9.23. The first-order chi connectivity index (χ1) is 12.4. The molecule has 1 aliphatic carbocycles. The van der Waals surface area contributed by atoms with E-state index in [1.165, 1.54) is 29.5 Å². The predicted octanol–water partition coefficient (Wildman–Crippen LogP) is 4.94. The van der Waals surface area contributed by atoms with Gasteiger partial charge in [0.25, 0.3) is 0 Å². The van der Waals surface area contributed by atoms with Gasteiger partial charge in [-0.25, -0.2) is 4.39 Å². The number of carbonyl (C=O) groups is 1.